The number of thiocarbonyl (C=S) groups is 2. The number of rotatable bonds is 2. The Morgan fingerprint density at radius 2 is 0.929 bits per heavy atom. The maximum atomic E-state index is 5.23. The Kier molecular flexibility index (Phi) is 4.90. The first-order valence-corrected chi connectivity index (χ1v) is 12.5. The summed E-state index contributed by atoms with van der Waals surface area (Å²) in [6.45, 7) is 13.2. The highest BCUT2D eigenvalue weighted by atomic mass is 32.1. The van der Waals surface area contributed by atoms with Crippen molar-refractivity contribution in [1.29, 1.82) is 0 Å². The van der Waals surface area contributed by atoms with Gasteiger partial charge in [-0.15, -0.1) is 0 Å². The zero-order valence-corrected chi connectivity index (χ0v) is 13.4. The highest BCUT2D eigenvalue weighted by Crippen LogP contribution is 1.98. The molecule has 0 heterocycles. The fourth-order valence-electron chi connectivity index (χ4n) is 0.795. The van der Waals surface area contributed by atoms with Crippen molar-refractivity contribution in [2.75, 3.05) is 0 Å². The third-order valence-corrected chi connectivity index (χ3v) is 4.29. The molecule has 0 rings (SSSR count). The molecule has 0 aromatic carbocycles. The SMILES string of the molecule is C[Si](C)(C)NC(=S)C(=S)N[Si](C)(C)C. The first-order valence-electron chi connectivity index (χ1n) is 4.66. The van der Waals surface area contributed by atoms with Crippen LogP contribution in [0.1, 0.15) is 0 Å². The van der Waals surface area contributed by atoms with Gasteiger partial charge in [-0.25, -0.2) is 0 Å². The summed E-state index contributed by atoms with van der Waals surface area (Å²) in [5.74, 6) is 0. The Hall–Kier alpha value is 0.214. The molecule has 82 valence electrons. The molecule has 14 heavy (non-hydrogen) atoms. The van der Waals surface area contributed by atoms with Crippen LogP contribution < -0.4 is 9.96 Å². The van der Waals surface area contributed by atoms with Gasteiger partial charge in [0.2, 0.25) is 0 Å². The van der Waals surface area contributed by atoms with E-state index in [9.17, 15) is 0 Å². The van der Waals surface area contributed by atoms with Gasteiger partial charge in [-0.1, -0.05) is 63.7 Å². The molecule has 0 aromatic heterocycles. The standard InChI is InChI=1S/C8H20N2S2Si2/c1-13(2,3)9-7(11)8(12)10-14(4,5)6/h1-6H3,(H,9,11)(H,10,12). The van der Waals surface area contributed by atoms with Gasteiger partial charge in [0.15, 0.2) is 0 Å². The third-order valence-electron chi connectivity index (χ3n) is 1.18. The molecule has 0 radical (unpaired) electrons. The zero-order valence-electron chi connectivity index (χ0n) is 9.82. The Morgan fingerprint density at radius 3 is 1.07 bits per heavy atom. The van der Waals surface area contributed by atoms with E-state index in [0.717, 1.165) is 0 Å². The Labute approximate surface area is 100 Å². The molecule has 6 heteroatoms. The smallest absolute Gasteiger partial charge is 0.145 e. The molecule has 0 amide bonds. The number of hydrogen-bond donors (Lipinski definition) is 2. The quantitative estimate of drug-likeness (QED) is 0.591. The summed E-state index contributed by atoms with van der Waals surface area (Å²) in [5, 5.41) is 0. The van der Waals surface area contributed by atoms with Crippen LogP contribution in [0.3, 0.4) is 0 Å². The molecule has 0 aliphatic heterocycles. The summed E-state index contributed by atoms with van der Waals surface area (Å²) in [6.07, 6.45) is 0. The monoisotopic (exact) mass is 264 g/mol. The summed E-state index contributed by atoms with van der Waals surface area (Å²) < 4.78 is 0. The van der Waals surface area contributed by atoms with Crippen LogP contribution in [0.25, 0.3) is 0 Å². The third kappa shape index (κ3) is 7.60. The van der Waals surface area contributed by atoms with Gasteiger partial charge in [-0.3, -0.25) is 0 Å². The Bertz CT molecular complexity index is 215. The van der Waals surface area contributed by atoms with Crippen molar-refractivity contribution >= 4 is 50.9 Å². The van der Waals surface area contributed by atoms with Crippen LogP contribution in [-0.4, -0.2) is 26.4 Å². The van der Waals surface area contributed by atoms with E-state index >= 15 is 0 Å². The molecule has 0 unspecified atom stereocenters. The highest BCUT2D eigenvalue weighted by Gasteiger charge is 2.20. The van der Waals surface area contributed by atoms with Gasteiger partial charge in [-0.05, 0) is 0 Å². The maximum absolute atomic E-state index is 5.23. The van der Waals surface area contributed by atoms with Gasteiger partial charge in [0.05, 0.1) is 0 Å². The van der Waals surface area contributed by atoms with Crippen LogP contribution in [0.15, 0.2) is 0 Å². The highest BCUT2D eigenvalue weighted by molar-refractivity contribution is 7.89. The van der Waals surface area contributed by atoms with Crippen molar-refractivity contribution in [1.82, 2.24) is 9.96 Å². The Balaban J connectivity index is 4.22. The minimum atomic E-state index is -1.36. The summed E-state index contributed by atoms with van der Waals surface area (Å²) in [4.78, 5) is 8.08. The van der Waals surface area contributed by atoms with E-state index in [2.05, 4.69) is 49.2 Å². The second-order valence-corrected chi connectivity index (χ2v) is 15.7. The van der Waals surface area contributed by atoms with E-state index in [4.69, 9.17) is 24.4 Å². The van der Waals surface area contributed by atoms with Crippen molar-refractivity contribution in [3.05, 3.63) is 0 Å². The van der Waals surface area contributed by atoms with Crippen LogP contribution in [0.2, 0.25) is 39.3 Å². The molecule has 0 saturated carbocycles. The lowest BCUT2D eigenvalue weighted by Crippen LogP contribution is -2.54. The molecule has 0 spiro atoms. The molecule has 0 aliphatic carbocycles. The molecule has 2 N–H and O–H groups in total. The summed E-state index contributed by atoms with van der Waals surface area (Å²) in [6, 6.07) is 0. The van der Waals surface area contributed by atoms with Crippen molar-refractivity contribution < 1.29 is 0 Å². The van der Waals surface area contributed by atoms with E-state index in [-0.39, 0.29) is 0 Å². The summed E-state index contributed by atoms with van der Waals surface area (Å²) in [5.41, 5.74) is 0. The largest absolute Gasteiger partial charge is 0.400 e. The van der Waals surface area contributed by atoms with E-state index in [1.807, 2.05) is 0 Å². The summed E-state index contributed by atoms with van der Waals surface area (Å²) in [7, 11) is -2.72. The van der Waals surface area contributed by atoms with Gasteiger partial charge in [0.1, 0.15) is 26.4 Å². The first-order chi connectivity index (χ1) is 6.01. The molecule has 0 bridgehead atoms. The van der Waals surface area contributed by atoms with Crippen LogP contribution in [0, 0.1) is 0 Å². The van der Waals surface area contributed by atoms with Crippen molar-refractivity contribution in [3.63, 3.8) is 0 Å². The van der Waals surface area contributed by atoms with Crippen molar-refractivity contribution in [3.8, 4) is 0 Å². The molecule has 0 aromatic rings. The lowest BCUT2D eigenvalue weighted by atomic mass is 10.7. The van der Waals surface area contributed by atoms with E-state index < -0.39 is 16.5 Å². The fraction of sp³-hybridized carbons (Fsp3) is 0.750. The van der Waals surface area contributed by atoms with Crippen LogP contribution in [0.4, 0.5) is 0 Å². The molecule has 2 nitrogen and oxygen atoms in total. The van der Waals surface area contributed by atoms with Gasteiger partial charge in [-0.2, -0.15) is 0 Å². The van der Waals surface area contributed by atoms with Gasteiger partial charge in [0, 0.05) is 0 Å². The average Bonchev–Trinajstić information content (AvgIpc) is 1.78. The molecular formula is C8H20N2S2Si2. The summed E-state index contributed by atoms with van der Waals surface area (Å²) >= 11 is 10.5. The topological polar surface area (TPSA) is 24.1 Å². The maximum Gasteiger partial charge on any atom is 0.145 e. The van der Waals surface area contributed by atoms with Gasteiger partial charge < -0.3 is 9.96 Å². The predicted molar refractivity (Wildman–Crippen MR) is 78.2 cm³/mol. The minimum absolute atomic E-state index is 0.710. The lowest BCUT2D eigenvalue weighted by Gasteiger charge is -2.25. The van der Waals surface area contributed by atoms with Crippen LogP contribution >= 0.6 is 24.4 Å². The van der Waals surface area contributed by atoms with E-state index in [0.29, 0.717) is 9.98 Å². The lowest BCUT2D eigenvalue weighted by molar-refractivity contribution is 1.34. The second-order valence-electron chi connectivity index (χ2n) is 5.41. The van der Waals surface area contributed by atoms with Crippen LogP contribution in [0.5, 0.6) is 0 Å². The van der Waals surface area contributed by atoms with E-state index in [1.165, 1.54) is 0 Å². The molecule has 0 atom stereocenters. The average molecular weight is 265 g/mol. The van der Waals surface area contributed by atoms with Gasteiger partial charge >= 0.3 is 0 Å². The zero-order chi connectivity index (χ0) is 11.6. The first kappa shape index (κ1) is 14.2. The minimum Gasteiger partial charge on any atom is -0.400 e. The van der Waals surface area contributed by atoms with Crippen LogP contribution in [-0.2, 0) is 0 Å². The predicted octanol–water partition coefficient (Wildman–Crippen LogP) is 2.49. The van der Waals surface area contributed by atoms with E-state index in [1.54, 1.807) is 0 Å². The fourth-order valence-corrected chi connectivity index (χ4v) is 4.53. The van der Waals surface area contributed by atoms with Crippen molar-refractivity contribution in [2.45, 2.75) is 39.3 Å². The molecular weight excluding hydrogens is 244 g/mol. The number of hydrogen-bond acceptors (Lipinski definition) is 2. The molecule has 0 aliphatic rings. The molecule has 0 fully saturated rings. The normalized spacial score (nSPS) is 12.1. The van der Waals surface area contributed by atoms with Gasteiger partial charge in [0.25, 0.3) is 0 Å². The number of nitrogens with one attached hydrogen (secondary N) is 2. The Morgan fingerprint density at radius 1 is 0.714 bits per heavy atom. The second kappa shape index (κ2) is 4.82. The molecule has 0 saturated heterocycles. The van der Waals surface area contributed by atoms with Crippen molar-refractivity contribution in [2.24, 2.45) is 0 Å².